The Bertz CT molecular complexity index is 902. The molecule has 0 saturated carbocycles. The average Bonchev–Trinajstić information content (AvgIpc) is 2.63. The lowest BCUT2D eigenvalue weighted by Crippen LogP contribution is -2.31. The minimum Gasteiger partial charge on any atom is -0.497 e. The van der Waals surface area contributed by atoms with Crippen LogP contribution in [0.1, 0.15) is 6.92 Å². The quantitative estimate of drug-likeness (QED) is 0.671. The van der Waals surface area contributed by atoms with Gasteiger partial charge in [-0.25, -0.2) is 8.42 Å². The highest BCUT2D eigenvalue weighted by molar-refractivity contribution is 7.93. The van der Waals surface area contributed by atoms with Crippen molar-refractivity contribution >= 4 is 38.9 Å². The van der Waals surface area contributed by atoms with Gasteiger partial charge in [0, 0.05) is 12.6 Å². The molecular weight excluding hydrogens is 401 g/mol. The third-order valence-corrected chi connectivity index (χ3v) is 6.65. The first kappa shape index (κ1) is 20.5. The van der Waals surface area contributed by atoms with Gasteiger partial charge in [0.1, 0.15) is 27.2 Å². The Labute approximate surface area is 163 Å². The number of methoxy groups -OCH3 is 3. The Balaban J connectivity index is 2.66. The van der Waals surface area contributed by atoms with Crippen LogP contribution in [-0.4, -0.2) is 36.3 Å². The Morgan fingerprint density at radius 3 is 2.08 bits per heavy atom. The smallest absolute Gasteiger partial charge is 0.265 e. The van der Waals surface area contributed by atoms with Crippen molar-refractivity contribution in [3.05, 3.63) is 40.4 Å². The van der Waals surface area contributed by atoms with E-state index in [1.807, 2.05) is 0 Å². The molecule has 0 aliphatic carbocycles. The molecule has 0 atom stereocenters. The van der Waals surface area contributed by atoms with Crippen LogP contribution in [-0.2, 0) is 10.0 Å². The summed E-state index contributed by atoms with van der Waals surface area (Å²) in [4.78, 5) is -0.128. The van der Waals surface area contributed by atoms with E-state index in [-0.39, 0.29) is 27.2 Å². The van der Waals surface area contributed by atoms with E-state index in [1.54, 1.807) is 25.1 Å². The van der Waals surface area contributed by atoms with Gasteiger partial charge < -0.3 is 14.2 Å². The summed E-state index contributed by atoms with van der Waals surface area (Å²) < 4.78 is 43.3. The summed E-state index contributed by atoms with van der Waals surface area (Å²) in [6.07, 6.45) is 0. The van der Waals surface area contributed by atoms with E-state index in [2.05, 4.69) is 0 Å². The van der Waals surface area contributed by atoms with Crippen LogP contribution < -0.4 is 18.5 Å². The number of anilines is 1. The number of sulfonamides is 1. The van der Waals surface area contributed by atoms with Crippen molar-refractivity contribution in [1.29, 1.82) is 0 Å². The summed E-state index contributed by atoms with van der Waals surface area (Å²) in [6.45, 7) is 1.85. The standard InChI is InChI=1S/C17H19Cl2NO5S/c1-5-20(12-10-11(23-2)6-7-13(12)24-3)26(21,22)15-9-8-14(25-4)16(18)17(15)19/h6-10H,5H2,1-4H3. The van der Waals surface area contributed by atoms with E-state index >= 15 is 0 Å². The molecule has 26 heavy (non-hydrogen) atoms. The molecule has 0 saturated heterocycles. The lowest BCUT2D eigenvalue weighted by atomic mass is 10.2. The molecule has 0 radical (unpaired) electrons. The number of nitrogens with zero attached hydrogens (tertiary/aromatic N) is 1. The molecule has 0 heterocycles. The van der Waals surface area contributed by atoms with E-state index in [0.717, 1.165) is 0 Å². The van der Waals surface area contributed by atoms with Gasteiger partial charge in [-0.2, -0.15) is 0 Å². The van der Waals surface area contributed by atoms with E-state index < -0.39 is 10.0 Å². The Hall–Kier alpha value is -1.83. The fourth-order valence-corrected chi connectivity index (χ4v) is 4.75. The van der Waals surface area contributed by atoms with E-state index in [9.17, 15) is 8.42 Å². The predicted molar refractivity (Wildman–Crippen MR) is 103 cm³/mol. The lowest BCUT2D eigenvalue weighted by molar-refractivity contribution is 0.404. The molecule has 0 N–H and O–H groups in total. The zero-order valence-electron chi connectivity index (χ0n) is 14.7. The summed E-state index contributed by atoms with van der Waals surface area (Å²) in [5, 5.41) is -0.0739. The third-order valence-electron chi connectivity index (χ3n) is 3.74. The van der Waals surface area contributed by atoms with Crippen LogP contribution in [0.2, 0.25) is 10.0 Å². The number of benzene rings is 2. The molecule has 142 valence electrons. The van der Waals surface area contributed by atoms with Gasteiger partial charge in [0.2, 0.25) is 0 Å². The normalized spacial score (nSPS) is 11.2. The Morgan fingerprint density at radius 1 is 0.923 bits per heavy atom. The van der Waals surface area contributed by atoms with Gasteiger partial charge >= 0.3 is 0 Å². The number of halogens is 2. The third kappa shape index (κ3) is 3.65. The maximum Gasteiger partial charge on any atom is 0.265 e. The van der Waals surface area contributed by atoms with E-state index in [1.165, 1.54) is 37.8 Å². The zero-order chi connectivity index (χ0) is 19.5. The predicted octanol–water partition coefficient (Wildman–Crippen LogP) is 4.23. The average molecular weight is 420 g/mol. The fourth-order valence-electron chi connectivity index (χ4n) is 2.45. The van der Waals surface area contributed by atoms with Gasteiger partial charge in [0.15, 0.2) is 0 Å². The number of hydrogen-bond acceptors (Lipinski definition) is 5. The SMILES string of the molecule is CCN(c1cc(OC)ccc1OC)S(=O)(=O)c1ccc(OC)c(Cl)c1Cl. The summed E-state index contributed by atoms with van der Waals surface area (Å²) in [5.41, 5.74) is 0.331. The van der Waals surface area contributed by atoms with Crippen LogP contribution in [0.3, 0.4) is 0 Å². The second-order valence-corrected chi connectivity index (χ2v) is 7.69. The molecule has 0 aliphatic heterocycles. The first-order valence-electron chi connectivity index (χ1n) is 7.58. The number of rotatable bonds is 7. The molecule has 2 aromatic carbocycles. The maximum absolute atomic E-state index is 13.2. The highest BCUT2D eigenvalue weighted by Gasteiger charge is 2.30. The minimum absolute atomic E-state index is 0.0314. The van der Waals surface area contributed by atoms with Gasteiger partial charge in [0.05, 0.1) is 32.0 Å². The lowest BCUT2D eigenvalue weighted by Gasteiger charge is -2.25. The number of ether oxygens (including phenoxy) is 3. The minimum atomic E-state index is -4.01. The molecule has 0 bridgehead atoms. The second kappa shape index (κ2) is 8.24. The highest BCUT2D eigenvalue weighted by Crippen LogP contribution is 2.40. The van der Waals surface area contributed by atoms with E-state index in [4.69, 9.17) is 37.4 Å². The molecule has 0 unspecified atom stereocenters. The second-order valence-electron chi connectivity index (χ2n) is 5.10. The maximum atomic E-state index is 13.2. The molecule has 0 aliphatic rings. The summed E-state index contributed by atoms with van der Waals surface area (Å²) in [7, 11) is 0.366. The first-order chi connectivity index (χ1) is 12.3. The van der Waals surface area contributed by atoms with Crippen molar-refractivity contribution in [3.8, 4) is 17.2 Å². The van der Waals surface area contributed by atoms with Crippen LogP contribution in [0, 0.1) is 0 Å². The molecule has 9 heteroatoms. The highest BCUT2D eigenvalue weighted by atomic mass is 35.5. The number of hydrogen-bond donors (Lipinski definition) is 0. The molecule has 0 amide bonds. The van der Waals surface area contributed by atoms with Crippen molar-refractivity contribution in [1.82, 2.24) is 0 Å². The zero-order valence-corrected chi connectivity index (χ0v) is 17.1. The van der Waals surface area contributed by atoms with Crippen LogP contribution in [0.25, 0.3) is 0 Å². The van der Waals surface area contributed by atoms with Gasteiger partial charge in [-0.15, -0.1) is 0 Å². The van der Waals surface area contributed by atoms with E-state index in [0.29, 0.717) is 17.2 Å². The van der Waals surface area contributed by atoms with Crippen LogP contribution in [0.5, 0.6) is 17.2 Å². The molecular formula is C17H19Cl2NO5S. The fraction of sp³-hybridized carbons (Fsp3) is 0.294. The summed E-state index contributed by atoms with van der Waals surface area (Å²) in [6, 6.07) is 7.71. The molecule has 0 spiro atoms. The van der Waals surface area contributed by atoms with Crippen LogP contribution >= 0.6 is 23.2 Å². The van der Waals surface area contributed by atoms with Crippen molar-refractivity contribution in [2.45, 2.75) is 11.8 Å². The van der Waals surface area contributed by atoms with Crippen LogP contribution in [0.15, 0.2) is 35.2 Å². The molecule has 2 aromatic rings. The Morgan fingerprint density at radius 2 is 1.54 bits per heavy atom. The molecule has 2 rings (SSSR count). The van der Waals surface area contributed by atoms with Gasteiger partial charge in [-0.05, 0) is 31.2 Å². The summed E-state index contributed by atoms with van der Waals surface area (Å²) >= 11 is 12.3. The van der Waals surface area contributed by atoms with Crippen LogP contribution in [0.4, 0.5) is 5.69 Å². The van der Waals surface area contributed by atoms with Crippen molar-refractivity contribution in [3.63, 3.8) is 0 Å². The topological polar surface area (TPSA) is 65.1 Å². The summed E-state index contributed by atoms with van der Waals surface area (Å²) in [5.74, 6) is 1.16. The first-order valence-corrected chi connectivity index (χ1v) is 9.78. The van der Waals surface area contributed by atoms with Gasteiger partial charge in [0.25, 0.3) is 10.0 Å². The monoisotopic (exact) mass is 419 g/mol. The van der Waals surface area contributed by atoms with Crippen molar-refractivity contribution in [2.75, 3.05) is 32.2 Å². The van der Waals surface area contributed by atoms with Crippen molar-refractivity contribution in [2.24, 2.45) is 0 Å². The van der Waals surface area contributed by atoms with Gasteiger partial charge in [-0.1, -0.05) is 23.2 Å². The molecule has 0 fully saturated rings. The van der Waals surface area contributed by atoms with Gasteiger partial charge in [-0.3, -0.25) is 4.31 Å². The Kier molecular flexibility index (Phi) is 6.49. The van der Waals surface area contributed by atoms with Crippen molar-refractivity contribution < 1.29 is 22.6 Å². The largest absolute Gasteiger partial charge is 0.497 e. The molecule has 6 nitrogen and oxygen atoms in total. The molecule has 0 aromatic heterocycles.